The Hall–Kier alpha value is -1.51. The lowest BCUT2D eigenvalue weighted by molar-refractivity contribution is 0.0626. The smallest absolute Gasteiger partial charge is 0.257 e. The van der Waals surface area contributed by atoms with Gasteiger partial charge in [0, 0.05) is 13.1 Å². The Kier molecular flexibility index (Phi) is 4.13. The highest BCUT2D eigenvalue weighted by molar-refractivity contribution is 5.97. The molecule has 0 radical (unpaired) electrons. The van der Waals surface area contributed by atoms with E-state index in [1.807, 2.05) is 24.9 Å². The number of phenols is 1. The minimum absolute atomic E-state index is 0.0729. The van der Waals surface area contributed by atoms with E-state index >= 15 is 0 Å². The molecule has 0 saturated heterocycles. The normalized spacial score (nSPS) is 23.1. The molecule has 0 heterocycles. The van der Waals surface area contributed by atoms with Crippen LogP contribution in [0.4, 0.5) is 0 Å². The summed E-state index contributed by atoms with van der Waals surface area (Å²) in [6.45, 7) is 4.11. The first-order valence-corrected chi connectivity index (χ1v) is 7.07. The van der Waals surface area contributed by atoms with Crippen LogP contribution in [0.15, 0.2) is 18.2 Å². The minimum Gasteiger partial charge on any atom is -0.507 e. The quantitative estimate of drug-likeness (QED) is 0.887. The Labute approximate surface area is 115 Å². The second-order valence-corrected chi connectivity index (χ2v) is 5.77. The lowest BCUT2D eigenvalue weighted by Gasteiger charge is -2.36. The van der Waals surface area contributed by atoms with Gasteiger partial charge in [-0.15, -0.1) is 0 Å². The standard InChI is InChI=1S/C16H23NO2/c1-11-8-9-13(15(18)10-11)16(19)17(3)14-7-5-4-6-12(14)2/h8-10,12,14,18H,4-7H2,1-3H3. The highest BCUT2D eigenvalue weighted by Gasteiger charge is 2.29. The maximum absolute atomic E-state index is 12.5. The van der Waals surface area contributed by atoms with E-state index in [0.29, 0.717) is 17.5 Å². The summed E-state index contributed by atoms with van der Waals surface area (Å²) in [6.07, 6.45) is 4.69. The molecular weight excluding hydrogens is 238 g/mol. The van der Waals surface area contributed by atoms with Crippen LogP contribution in [-0.4, -0.2) is 29.0 Å². The zero-order valence-corrected chi connectivity index (χ0v) is 12.0. The van der Waals surface area contributed by atoms with Crippen molar-refractivity contribution in [2.24, 2.45) is 5.92 Å². The van der Waals surface area contributed by atoms with Gasteiger partial charge in [0.2, 0.25) is 0 Å². The molecule has 0 aliphatic heterocycles. The molecule has 1 fully saturated rings. The Morgan fingerprint density at radius 3 is 2.63 bits per heavy atom. The molecule has 1 N–H and O–H groups in total. The molecule has 1 aromatic carbocycles. The Morgan fingerprint density at radius 1 is 1.32 bits per heavy atom. The summed E-state index contributed by atoms with van der Waals surface area (Å²) in [5.74, 6) is 0.548. The van der Waals surface area contributed by atoms with Crippen molar-refractivity contribution < 1.29 is 9.90 Å². The number of rotatable bonds is 2. The van der Waals surface area contributed by atoms with Crippen LogP contribution in [0, 0.1) is 12.8 Å². The summed E-state index contributed by atoms with van der Waals surface area (Å²) in [6, 6.07) is 5.52. The first kappa shape index (κ1) is 13.9. The fourth-order valence-corrected chi connectivity index (χ4v) is 3.04. The van der Waals surface area contributed by atoms with Gasteiger partial charge in [-0.2, -0.15) is 0 Å². The largest absolute Gasteiger partial charge is 0.507 e. The molecular formula is C16H23NO2. The first-order valence-electron chi connectivity index (χ1n) is 7.07. The number of hydrogen-bond donors (Lipinski definition) is 1. The van der Waals surface area contributed by atoms with Crippen molar-refractivity contribution in [3.63, 3.8) is 0 Å². The first-order chi connectivity index (χ1) is 9.00. The van der Waals surface area contributed by atoms with Gasteiger partial charge < -0.3 is 10.0 Å². The molecule has 2 rings (SSSR count). The summed E-state index contributed by atoms with van der Waals surface area (Å²) < 4.78 is 0. The van der Waals surface area contributed by atoms with Crippen molar-refractivity contribution in [2.45, 2.75) is 45.6 Å². The van der Waals surface area contributed by atoms with E-state index in [-0.39, 0.29) is 11.7 Å². The highest BCUT2D eigenvalue weighted by Crippen LogP contribution is 2.29. The van der Waals surface area contributed by atoms with E-state index in [1.165, 1.54) is 19.3 Å². The topological polar surface area (TPSA) is 40.5 Å². The molecule has 3 heteroatoms. The zero-order valence-electron chi connectivity index (χ0n) is 12.0. The molecule has 1 aliphatic rings. The Balaban J connectivity index is 2.18. The maximum Gasteiger partial charge on any atom is 0.257 e. The average molecular weight is 261 g/mol. The van der Waals surface area contributed by atoms with E-state index in [4.69, 9.17) is 0 Å². The molecule has 1 aromatic rings. The van der Waals surface area contributed by atoms with Gasteiger partial charge in [0.05, 0.1) is 5.56 Å². The van der Waals surface area contributed by atoms with Gasteiger partial charge in [-0.3, -0.25) is 4.79 Å². The molecule has 1 amide bonds. The molecule has 0 spiro atoms. The fourth-order valence-electron chi connectivity index (χ4n) is 3.04. The fraction of sp³-hybridized carbons (Fsp3) is 0.562. The predicted octanol–water partition coefficient (Wildman–Crippen LogP) is 3.35. The maximum atomic E-state index is 12.5. The SMILES string of the molecule is Cc1ccc(C(=O)N(C)C2CCCCC2C)c(O)c1. The molecule has 2 atom stereocenters. The van der Waals surface area contributed by atoms with Gasteiger partial charge in [-0.25, -0.2) is 0 Å². The third-order valence-electron chi connectivity index (χ3n) is 4.27. The van der Waals surface area contributed by atoms with E-state index in [2.05, 4.69) is 6.92 Å². The number of hydrogen-bond acceptors (Lipinski definition) is 2. The van der Waals surface area contributed by atoms with Crippen molar-refractivity contribution >= 4 is 5.91 Å². The van der Waals surface area contributed by atoms with Gasteiger partial charge >= 0.3 is 0 Å². The summed E-state index contributed by atoms with van der Waals surface area (Å²) in [4.78, 5) is 14.3. The van der Waals surface area contributed by atoms with E-state index in [0.717, 1.165) is 12.0 Å². The number of aryl methyl sites for hydroxylation is 1. The van der Waals surface area contributed by atoms with Crippen molar-refractivity contribution in [1.29, 1.82) is 0 Å². The number of amides is 1. The van der Waals surface area contributed by atoms with Crippen LogP contribution in [-0.2, 0) is 0 Å². The lowest BCUT2D eigenvalue weighted by Crippen LogP contribution is -2.42. The third kappa shape index (κ3) is 2.91. The van der Waals surface area contributed by atoms with Crippen molar-refractivity contribution in [3.05, 3.63) is 29.3 Å². The van der Waals surface area contributed by atoms with Gasteiger partial charge in [-0.1, -0.05) is 25.8 Å². The van der Waals surface area contributed by atoms with Gasteiger partial charge in [0.1, 0.15) is 5.75 Å². The van der Waals surface area contributed by atoms with Crippen LogP contribution in [0.2, 0.25) is 0 Å². The molecule has 0 bridgehead atoms. The van der Waals surface area contributed by atoms with Crippen LogP contribution in [0.3, 0.4) is 0 Å². The van der Waals surface area contributed by atoms with Crippen molar-refractivity contribution in [2.75, 3.05) is 7.05 Å². The summed E-state index contributed by atoms with van der Waals surface area (Å²) in [7, 11) is 1.86. The van der Waals surface area contributed by atoms with Crippen molar-refractivity contribution in [1.82, 2.24) is 4.90 Å². The number of nitrogens with zero attached hydrogens (tertiary/aromatic N) is 1. The third-order valence-corrected chi connectivity index (χ3v) is 4.27. The van der Waals surface area contributed by atoms with Crippen LogP contribution < -0.4 is 0 Å². The Morgan fingerprint density at radius 2 is 2.00 bits per heavy atom. The number of aromatic hydroxyl groups is 1. The molecule has 1 saturated carbocycles. The minimum atomic E-state index is -0.0729. The van der Waals surface area contributed by atoms with Gasteiger partial charge in [0.25, 0.3) is 5.91 Å². The molecule has 104 valence electrons. The summed E-state index contributed by atoms with van der Waals surface area (Å²) in [5, 5.41) is 9.93. The Bertz CT molecular complexity index is 470. The van der Waals surface area contributed by atoms with Crippen LogP contribution in [0.1, 0.15) is 48.5 Å². The van der Waals surface area contributed by atoms with Gasteiger partial charge in [0.15, 0.2) is 0 Å². The number of carbonyl (C=O) groups excluding carboxylic acids is 1. The monoisotopic (exact) mass is 261 g/mol. The lowest BCUT2D eigenvalue weighted by atomic mass is 9.85. The highest BCUT2D eigenvalue weighted by atomic mass is 16.3. The number of phenolic OH excluding ortho intramolecular Hbond substituents is 1. The van der Waals surface area contributed by atoms with Crippen LogP contribution >= 0.6 is 0 Å². The molecule has 1 aliphatic carbocycles. The van der Waals surface area contributed by atoms with Crippen LogP contribution in [0.25, 0.3) is 0 Å². The molecule has 0 aromatic heterocycles. The van der Waals surface area contributed by atoms with Gasteiger partial charge in [-0.05, 0) is 43.4 Å². The average Bonchev–Trinajstić information content (AvgIpc) is 2.38. The summed E-state index contributed by atoms with van der Waals surface area (Å²) >= 11 is 0. The second kappa shape index (κ2) is 5.64. The predicted molar refractivity (Wildman–Crippen MR) is 76.4 cm³/mol. The van der Waals surface area contributed by atoms with Crippen LogP contribution in [0.5, 0.6) is 5.75 Å². The molecule has 2 unspecified atom stereocenters. The molecule has 19 heavy (non-hydrogen) atoms. The number of benzene rings is 1. The van der Waals surface area contributed by atoms with E-state index < -0.39 is 0 Å². The summed E-state index contributed by atoms with van der Waals surface area (Å²) in [5.41, 5.74) is 1.37. The van der Waals surface area contributed by atoms with Crippen molar-refractivity contribution in [3.8, 4) is 5.75 Å². The second-order valence-electron chi connectivity index (χ2n) is 5.77. The van der Waals surface area contributed by atoms with E-state index in [1.54, 1.807) is 12.1 Å². The number of carbonyl (C=O) groups is 1. The zero-order chi connectivity index (χ0) is 14.0. The molecule has 3 nitrogen and oxygen atoms in total. The van der Waals surface area contributed by atoms with E-state index in [9.17, 15) is 9.90 Å².